The lowest BCUT2D eigenvalue weighted by Crippen LogP contribution is -2.66. The van der Waals surface area contributed by atoms with Gasteiger partial charge in [0, 0.05) is 43.9 Å². The summed E-state index contributed by atoms with van der Waals surface area (Å²) in [6.07, 6.45) is -2.32. The van der Waals surface area contributed by atoms with Crippen LogP contribution in [0.3, 0.4) is 0 Å². The van der Waals surface area contributed by atoms with Crippen molar-refractivity contribution >= 4 is 22.8 Å². The Hall–Kier alpha value is -2.58. The van der Waals surface area contributed by atoms with Gasteiger partial charge in [0.05, 0.1) is 11.0 Å². The van der Waals surface area contributed by atoms with Crippen LogP contribution in [0.15, 0.2) is 12.1 Å². The van der Waals surface area contributed by atoms with E-state index in [0.717, 1.165) is 45.7 Å². The summed E-state index contributed by atoms with van der Waals surface area (Å²) in [7, 11) is 0. The molecule has 9 heteroatoms. The third-order valence-electron chi connectivity index (χ3n) is 9.05. The van der Waals surface area contributed by atoms with E-state index < -0.39 is 23.5 Å². The van der Waals surface area contributed by atoms with Crippen molar-refractivity contribution in [2.75, 3.05) is 19.6 Å². The van der Waals surface area contributed by atoms with Crippen molar-refractivity contribution in [1.29, 1.82) is 0 Å². The van der Waals surface area contributed by atoms with Crippen LogP contribution in [-0.4, -0.2) is 63.4 Å². The maximum Gasteiger partial charge on any atom is 0.471 e. The summed E-state index contributed by atoms with van der Waals surface area (Å²) in [5, 5.41) is 0. The first-order chi connectivity index (χ1) is 15.8. The first kappa shape index (κ1) is 23.2. The molecule has 1 aromatic carbocycles. The minimum absolute atomic E-state index is 0.0933. The topological polar surface area (TPSA) is 69.3 Å². The molecular formula is C25H31F3N4O2. The van der Waals surface area contributed by atoms with Crippen molar-refractivity contribution in [3.05, 3.63) is 29.1 Å². The molecule has 2 saturated heterocycles. The summed E-state index contributed by atoms with van der Waals surface area (Å²) in [6, 6.07) is 3.60. The van der Waals surface area contributed by atoms with E-state index in [1.165, 1.54) is 0 Å². The zero-order valence-corrected chi connectivity index (χ0v) is 20.1. The Morgan fingerprint density at radius 1 is 1.12 bits per heavy atom. The number of rotatable bonds is 1. The molecular weight excluding hydrogens is 445 g/mol. The third-order valence-corrected chi connectivity index (χ3v) is 9.05. The number of H-pyrrole nitrogens is 1. The number of likely N-dealkylation sites (tertiary alicyclic amines) is 2. The van der Waals surface area contributed by atoms with E-state index in [4.69, 9.17) is 4.98 Å². The number of carbonyl (C=O) groups is 2. The van der Waals surface area contributed by atoms with Crippen LogP contribution in [0.25, 0.3) is 11.0 Å². The fourth-order valence-corrected chi connectivity index (χ4v) is 6.51. The molecule has 1 aliphatic carbocycles. The van der Waals surface area contributed by atoms with Gasteiger partial charge in [-0.1, -0.05) is 20.8 Å². The Kier molecular flexibility index (Phi) is 5.08. The molecule has 0 radical (unpaired) electrons. The smallest absolute Gasteiger partial charge is 0.343 e. The van der Waals surface area contributed by atoms with E-state index in [1.807, 2.05) is 24.8 Å². The molecule has 6 nitrogen and oxygen atoms in total. The molecule has 2 aromatic rings. The normalized spacial score (nSPS) is 27.1. The van der Waals surface area contributed by atoms with E-state index in [9.17, 15) is 22.8 Å². The number of hydrogen-bond acceptors (Lipinski definition) is 3. The average Bonchev–Trinajstić information content (AvgIpc) is 3.17. The van der Waals surface area contributed by atoms with Gasteiger partial charge >= 0.3 is 12.1 Å². The molecule has 184 valence electrons. The van der Waals surface area contributed by atoms with Crippen LogP contribution in [0, 0.1) is 5.41 Å². The number of alkyl halides is 3. The summed E-state index contributed by atoms with van der Waals surface area (Å²) in [5.41, 5.74) is 2.97. The number of hydrogen-bond donors (Lipinski definition) is 1. The highest BCUT2D eigenvalue weighted by Crippen LogP contribution is 2.56. The fourth-order valence-electron chi connectivity index (χ4n) is 6.51. The molecule has 34 heavy (non-hydrogen) atoms. The van der Waals surface area contributed by atoms with Crippen LogP contribution in [0.1, 0.15) is 69.8 Å². The van der Waals surface area contributed by atoms with E-state index in [1.54, 1.807) is 6.92 Å². The van der Waals surface area contributed by atoms with Gasteiger partial charge in [0.1, 0.15) is 5.82 Å². The number of amides is 2. The van der Waals surface area contributed by atoms with Crippen LogP contribution in [0.4, 0.5) is 13.2 Å². The van der Waals surface area contributed by atoms with E-state index in [0.29, 0.717) is 25.9 Å². The molecule has 3 heterocycles. The zero-order valence-electron chi connectivity index (χ0n) is 20.1. The van der Waals surface area contributed by atoms with Gasteiger partial charge < -0.3 is 14.8 Å². The molecule has 3 aliphatic rings. The molecule has 2 fully saturated rings. The van der Waals surface area contributed by atoms with Crippen molar-refractivity contribution in [3.63, 3.8) is 0 Å². The maximum absolute atomic E-state index is 13.3. The first-order valence-electron chi connectivity index (χ1n) is 12.0. The Labute approximate surface area is 196 Å². The number of fused-ring (bicyclic) bond motifs is 5. The molecule has 2 aliphatic heterocycles. The summed E-state index contributed by atoms with van der Waals surface area (Å²) in [6.45, 7) is 9.20. The van der Waals surface area contributed by atoms with Crippen molar-refractivity contribution in [2.45, 2.75) is 76.9 Å². The minimum Gasteiger partial charge on any atom is -0.343 e. The van der Waals surface area contributed by atoms with Crippen LogP contribution in [0.5, 0.6) is 0 Å². The molecule has 1 N–H and O–H groups in total. The number of imidazole rings is 1. The highest BCUT2D eigenvalue weighted by molar-refractivity contribution is 5.83. The predicted molar refractivity (Wildman–Crippen MR) is 121 cm³/mol. The first-order valence-corrected chi connectivity index (χ1v) is 12.0. The van der Waals surface area contributed by atoms with Gasteiger partial charge in [-0.2, -0.15) is 13.2 Å². The van der Waals surface area contributed by atoms with Gasteiger partial charge in [-0.15, -0.1) is 0 Å². The Bertz CT molecular complexity index is 1160. The quantitative estimate of drug-likeness (QED) is 0.668. The fraction of sp³-hybridized carbons (Fsp3) is 0.640. The molecule has 2 amide bonds. The maximum atomic E-state index is 13.3. The van der Waals surface area contributed by atoms with Crippen LogP contribution >= 0.6 is 0 Å². The highest BCUT2D eigenvalue weighted by atomic mass is 19.4. The second-order valence-corrected chi connectivity index (χ2v) is 10.9. The number of benzene rings is 1. The minimum atomic E-state index is -4.87. The summed E-state index contributed by atoms with van der Waals surface area (Å²) in [4.78, 5) is 35.1. The second-order valence-electron chi connectivity index (χ2n) is 10.9. The number of aromatic amines is 1. The van der Waals surface area contributed by atoms with Crippen molar-refractivity contribution < 1.29 is 22.8 Å². The number of halogens is 3. The number of piperidine rings is 2. The monoisotopic (exact) mass is 476 g/mol. The molecule has 1 aromatic heterocycles. The lowest BCUT2D eigenvalue weighted by Gasteiger charge is -2.60. The summed E-state index contributed by atoms with van der Waals surface area (Å²) < 4.78 is 40.0. The predicted octanol–water partition coefficient (Wildman–Crippen LogP) is 4.29. The molecule has 2 atom stereocenters. The van der Waals surface area contributed by atoms with Crippen LogP contribution < -0.4 is 0 Å². The number of carbonyl (C=O) groups excluding carboxylic acids is 2. The molecule has 2 bridgehead atoms. The number of nitrogens with zero attached hydrogens (tertiary/aromatic N) is 3. The van der Waals surface area contributed by atoms with Crippen molar-refractivity contribution in [2.24, 2.45) is 5.41 Å². The van der Waals surface area contributed by atoms with E-state index in [-0.39, 0.29) is 23.8 Å². The lowest BCUT2D eigenvalue weighted by atomic mass is 9.51. The van der Waals surface area contributed by atoms with E-state index in [2.05, 4.69) is 18.0 Å². The molecule has 0 saturated carbocycles. The lowest BCUT2D eigenvalue weighted by molar-refractivity contribution is -0.195. The molecule has 0 unspecified atom stereocenters. The summed E-state index contributed by atoms with van der Waals surface area (Å²) in [5.74, 6) is -0.498. The largest absolute Gasteiger partial charge is 0.471 e. The SMILES string of the molecule is CC(=O)N1CCC(c2nc3cc4c(cc3[nH]2)C[C@@H]2N(C(=O)C(F)(F)F)CC[C@]4(C)C2(C)C)CC1. The number of nitrogens with one attached hydrogen (secondary N) is 1. The Balaban J connectivity index is 1.50. The summed E-state index contributed by atoms with van der Waals surface area (Å²) >= 11 is 0. The van der Waals surface area contributed by atoms with Crippen LogP contribution in [-0.2, 0) is 21.4 Å². The van der Waals surface area contributed by atoms with Gasteiger partial charge in [-0.25, -0.2) is 4.98 Å². The Morgan fingerprint density at radius 3 is 2.41 bits per heavy atom. The van der Waals surface area contributed by atoms with Gasteiger partial charge in [0.15, 0.2) is 0 Å². The van der Waals surface area contributed by atoms with Crippen molar-refractivity contribution in [1.82, 2.24) is 19.8 Å². The zero-order chi connectivity index (χ0) is 24.6. The highest BCUT2D eigenvalue weighted by Gasteiger charge is 2.59. The van der Waals surface area contributed by atoms with Crippen molar-refractivity contribution in [3.8, 4) is 0 Å². The Morgan fingerprint density at radius 2 is 1.79 bits per heavy atom. The molecule has 0 spiro atoms. The average molecular weight is 477 g/mol. The molecule has 5 rings (SSSR count). The van der Waals surface area contributed by atoms with Crippen LogP contribution in [0.2, 0.25) is 0 Å². The number of aromatic nitrogens is 2. The third kappa shape index (κ3) is 3.33. The van der Waals surface area contributed by atoms with Gasteiger partial charge in [-0.05, 0) is 54.4 Å². The second kappa shape index (κ2) is 7.46. The standard InChI is InChI=1S/C25H31F3N4O2/c1-14(33)31-8-5-15(6-9-31)21-29-18-11-16-12-20-23(2,3)24(4,17(16)13-19(18)30-21)7-10-32(20)22(34)25(26,27)28/h11,13,15,20H,5-10,12H2,1-4H3,(H,29,30)/t20-,24-/m0/s1. The van der Waals surface area contributed by atoms with E-state index >= 15 is 0 Å². The van der Waals surface area contributed by atoms with Gasteiger partial charge in [0.25, 0.3) is 0 Å². The van der Waals surface area contributed by atoms with Gasteiger partial charge in [-0.3, -0.25) is 9.59 Å². The van der Waals surface area contributed by atoms with Gasteiger partial charge in [0.2, 0.25) is 5.91 Å².